The van der Waals surface area contributed by atoms with Crippen LogP contribution in [-0.2, 0) is 19.1 Å². The predicted molar refractivity (Wildman–Crippen MR) is 173 cm³/mol. The smallest absolute Gasteiger partial charge is 0.249 e. The van der Waals surface area contributed by atoms with Gasteiger partial charge >= 0.3 is 0 Å². The molecule has 0 aromatic heterocycles. The zero-order valence-electron chi connectivity index (χ0n) is 26.3. The van der Waals surface area contributed by atoms with Crippen LogP contribution in [0.3, 0.4) is 0 Å². The maximum absolute atomic E-state index is 13.8. The number of aliphatic hydroxyl groups excluding tert-OH is 2. The van der Waals surface area contributed by atoms with Gasteiger partial charge in [0.15, 0.2) is 11.5 Å². The zero-order chi connectivity index (χ0) is 32.4. The number of aliphatic hydroxyl groups is 2. The number of halogens is 1. The van der Waals surface area contributed by atoms with Crippen molar-refractivity contribution >= 4 is 40.7 Å². The highest BCUT2D eigenvalue weighted by atomic mass is 127. The summed E-state index contributed by atoms with van der Waals surface area (Å²) in [4.78, 5) is 39.8. The molecule has 6 atom stereocenters. The van der Waals surface area contributed by atoms with Crippen LogP contribution in [-0.4, -0.2) is 105 Å². The molecule has 12 heteroatoms. The van der Waals surface area contributed by atoms with E-state index in [-0.39, 0.29) is 57.1 Å². The Balaban J connectivity index is 1.92. The number of amides is 2. The number of carbonyl (C=O) groups excluding carboxylic acids is 3. The molecule has 0 radical (unpaired) electrons. The third-order valence-electron chi connectivity index (χ3n) is 8.50. The lowest BCUT2D eigenvalue weighted by atomic mass is 9.75. The second-order valence-corrected chi connectivity index (χ2v) is 13.1. The molecule has 0 heterocycles. The van der Waals surface area contributed by atoms with Crippen LogP contribution < -0.4 is 14.8 Å². The fourth-order valence-corrected chi connectivity index (χ4v) is 6.82. The minimum atomic E-state index is -1.23. The Bertz CT molecular complexity index is 1160. The number of benzene rings is 1. The highest BCUT2D eigenvalue weighted by Crippen LogP contribution is 2.38. The summed E-state index contributed by atoms with van der Waals surface area (Å²) in [6, 6.07) is 2.31. The van der Waals surface area contributed by atoms with Crippen LogP contribution in [0.1, 0.15) is 56.8 Å². The van der Waals surface area contributed by atoms with E-state index in [9.17, 15) is 24.6 Å². The van der Waals surface area contributed by atoms with Crippen molar-refractivity contribution in [2.75, 3.05) is 47.1 Å². The number of nitrogens with one attached hydrogen (secondary N) is 1. The van der Waals surface area contributed by atoms with Crippen molar-refractivity contribution < 1.29 is 43.5 Å². The topological polar surface area (TPSA) is 144 Å². The fraction of sp³-hybridized carbons (Fsp3) is 0.656. The van der Waals surface area contributed by atoms with Crippen LogP contribution in [0.25, 0.3) is 0 Å². The molecule has 0 saturated heterocycles. The lowest BCUT2D eigenvalue weighted by Gasteiger charge is -2.41. The van der Waals surface area contributed by atoms with Gasteiger partial charge in [-0.25, -0.2) is 0 Å². The largest absolute Gasteiger partial charge is 0.493 e. The molecule has 44 heavy (non-hydrogen) atoms. The van der Waals surface area contributed by atoms with Gasteiger partial charge in [0.1, 0.15) is 25.1 Å². The number of methoxy groups -OCH3 is 2. The summed E-state index contributed by atoms with van der Waals surface area (Å²) in [6.07, 6.45) is 3.05. The molecular formula is C32H47IN2O9. The predicted octanol–water partition coefficient (Wildman–Crippen LogP) is 2.98. The number of rotatable bonds is 15. The summed E-state index contributed by atoms with van der Waals surface area (Å²) in [6.45, 7) is 6.60. The van der Waals surface area contributed by atoms with Crippen LogP contribution in [0.2, 0.25) is 0 Å². The Morgan fingerprint density at radius 2 is 1.98 bits per heavy atom. The SMILES string of the molecule is COCCN(C(=O)CO[C@H]1C[C@@H](C)CC[C@@H]1C(C)C)[C@@H]1CC(C(=O)NCCO)=C[C@H](Oc2c(I)cc(C=O)cc2OC)[C@H]1O. The summed E-state index contributed by atoms with van der Waals surface area (Å²) in [5, 5.41) is 23.6. The first-order valence-electron chi connectivity index (χ1n) is 15.2. The van der Waals surface area contributed by atoms with Gasteiger partial charge < -0.3 is 39.4 Å². The van der Waals surface area contributed by atoms with E-state index in [2.05, 4.69) is 26.1 Å². The monoisotopic (exact) mass is 730 g/mol. The van der Waals surface area contributed by atoms with E-state index in [0.717, 1.165) is 19.3 Å². The van der Waals surface area contributed by atoms with Crippen LogP contribution in [0.5, 0.6) is 11.5 Å². The molecule has 1 fully saturated rings. The molecule has 3 N–H and O–H groups in total. The highest BCUT2D eigenvalue weighted by Gasteiger charge is 2.41. The van der Waals surface area contributed by atoms with Crippen molar-refractivity contribution in [2.45, 2.75) is 70.8 Å². The fourth-order valence-electron chi connectivity index (χ4n) is 6.07. The Kier molecular flexibility index (Phi) is 14.4. The normalized spacial score (nSPS) is 25.2. The Morgan fingerprint density at radius 3 is 2.61 bits per heavy atom. The molecule has 11 nitrogen and oxygen atoms in total. The minimum absolute atomic E-state index is 0.0390. The molecule has 0 aliphatic heterocycles. The summed E-state index contributed by atoms with van der Waals surface area (Å²) in [5.74, 6) is 1.12. The zero-order valence-corrected chi connectivity index (χ0v) is 28.4. The van der Waals surface area contributed by atoms with Crippen molar-refractivity contribution in [3.63, 3.8) is 0 Å². The number of hydrogen-bond acceptors (Lipinski definition) is 9. The summed E-state index contributed by atoms with van der Waals surface area (Å²) >= 11 is 2.01. The molecule has 0 unspecified atom stereocenters. The van der Waals surface area contributed by atoms with Crippen LogP contribution in [0.15, 0.2) is 23.8 Å². The number of carbonyl (C=O) groups is 3. The summed E-state index contributed by atoms with van der Waals surface area (Å²) in [7, 11) is 2.97. The van der Waals surface area contributed by atoms with Gasteiger partial charge in [-0.2, -0.15) is 0 Å². The van der Waals surface area contributed by atoms with Crippen molar-refractivity contribution in [1.29, 1.82) is 0 Å². The quantitative estimate of drug-likeness (QED) is 0.183. The third kappa shape index (κ3) is 9.38. The van der Waals surface area contributed by atoms with E-state index in [1.54, 1.807) is 6.07 Å². The third-order valence-corrected chi connectivity index (χ3v) is 9.30. The second-order valence-electron chi connectivity index (χ2n) is 11.9. The van der Waals surface area contributed by atoms with E-state index in [4.69, 9.17) is 18.9 Å². The van der Waals surface area contributed by atoms with Gasteiger partial charge in [0.05, 0.1) is 36.0 Å². The van der Waals surface area contributed by atoms with Gasteiger partial charge in [0, 0.05) is 37.8 Å². The van der Waals surface area contributed by atoms with Gasteiger partial charge in [-0.15, -0.1) is 0 Å². The molecule has 0 spiro atoms. The first-order valence-corrected chi connectivity index (χ1v) is 16.3. The first kappa shape index (κ1) is 36.2. The average Bonchev–Trinajstić information content (AvgIpc) is 3.00. The maximum atomic E-state index is 13.8. The minimum Gasteiger partial charge on any atom is -0.493 e. The van der Waals surface area contributed by atoms with Crippen molar-refractivity contribution in [1.82, 2.24) is 10.2 Å². The Hall–Kier alpha value is -2.26. The van der Waals surface area contributed by atoms with Gasteiger partial charge in [0.2, 0.25) is 11.8 Å². The van der Waals surface area contributed by atoms with E-state index in [1.807, 2.05) is 22.6 Å². The molecule has 1 saturated carbocycles. The van der Waals surface area contributed by atoms with E-state index in [1.165, 1.54) is 31.3 Å². The Morgan fingerprint density at radius 1 is 1.23 bits per heavy atom. The van der Waals surface area contributed by atoms with Crippen molar-refractivity contribution in [3.05, 3.63) is 32.9 Å². The molecule has 1 aromatic rings. The van der Waals surface area contributed by atoms with E-state index < -0.39 is 24.2 Å². The molecular weight excluding hydrogens is 683 g/mol. The average molecular weight is 731 g/mol. The van der Waals surface area contributed by atoms with Crippen LogP contribution in [0.4, 0.5) is 0 Å². The molecule has 2 aliphatic carbocycles. The van der Waals surface area contributed by atoms with Gasteiger partial charge in [-0.1, -0.05) is 27.2 Å². The number of hydrogen-bond donors (Lipinski definition) is 3. The number of ether oxygens (including phenoxy) is 4. The first-order chi connectivity index (χ1) is 21.0. The maximum Gasteiger partial charge on any atom is 0.249 e. The molecule has 2 aliphatic rings. The lowest BCUT2D eigenvalue weighted by molar-refractivity contribution is -0.149. The standard InChI is InChI=1S/C32H47IN2O9/c1-19(2)23-7-6-20(3)12-26(23)43-18-29(38)35(9-11-41-4)25-15-22(32(40)34-8-10-36)16-27(30(25)39)44-31-24(33)13-21(17-37)14-28(31)42-5/h13-14,16-17,19-20,23,25-27,30,36,39H,6-12,15,18H2,1-5H3,(H,34,40)/t20-,23+,25+,26-,27-,30-/m0/s1. The number of aldehydes is 1. The molecule has 1 aromatic carbocycles. The van der Waals surface area contributed by atoms with E-state index in [0.29, 0.717) is 44.5 Å². The van der Waals surface area contributed by atoms with Gasteiger partial charge in [-0.05, 0) is 71.4 Å². The van der Waals surface area contributed by atoms with E-state index >= 15 is 0 Å². The van der Waals surface area contributed by atoms with Crippen molar-refractivity contribution in [3.8, 4) is 11.5 Å². The number of nitrogens with zero attached hydrogens (tertiary/aromatic N) is 1. The molecule has 2 amide bonds. The second kappa shape index (κ2) is 17.4. The molecule has 246 valence electrons. The van der Waals surface area contributed by atoms with Gasteiger partial charge in [-0.3, -0.25) is 14.4 Å². The highest BCUT2D eigenvalue weighted by molar-refractivity contribution is 14.1. The van der Waals surface area contributed by atoms with Crippen LogP contribution >= 0.6 is 22.6 Å². The molecule has 3 rings (SSSR count). The lowest BCUT2D eigenvalue weighted by Crippen LogP contribution is -2.56. The summed E-state index contributed by atoms with van der Waals surface area (Å²) in [5.41, 5.74) is 0.693. The van der Waals surface area contributed by atoms with Gasteiger partial charge in [0.25, 0.3) is 0 Å². The Labute approximate surface area is 273 Å². The summed E-state index contributed by atoms with van der Waals surface area (Å²) < 4.78 is 23.9. The van der Waals surface area contributed by atoms with Crippen molar-refractivity contribution in [2.24, 2.45) is 17.8 Å². The molecule has 0 bridgehead atoms. The van der Waals surface area contributed by atoms with Crippen LogP contribution in [0, 0.1) is 21.3 Å².